The summed E-state index contributed by atoms with van der Waals surface area (Å²) in [6.45, 7) is 1.50. The predicted molar refractivity (Wildman–Crippen MR) is 49.2 cm³/mol. The van der Waals surface area contributed by atoms with Crippen LogP contribution in [-0.4, -0.2) is 22.6 Å². The van der Waals surface area contributed by atoms with Gasteiger partial charge in [0.1, 0.15) is 5.78 Å². The lowest BCUT2D eigenvalue weighted by atomic mass is 9.94. The van der Waals surface area contributed by atoms with Gasteiger partial charge in [-0.1, -0.05) is 15.9 Å². The van der Waals surface area contributed by atoms with Crippen LogP contribution >= 0.6 is 15.9 Å². The van der Waals surface area contributed by atoms with Gasteiger partial charge in [0.15, 0.2) is 0 Å². The van der Waals surface area contributed by atoms with Gasteiger partial charge in [0.25, 0.3) is 0 Å². The molecule has 1 amide bonds. The zero-order chi connectivity index (χ0) is 9.14. The number of amides is 1. The molecule has 0 spiro atoms. The summed E-state index contributed by atoms with van der Waals surface area (Å²) in [7, 11) is 0. The van der Waals surface area contributed by atoms with Gasteiger partial charge in [-0.05, 0) is 12.8 Å². The van der Waals surface area contributed by atoms with E-state index in [0.29, 0.717) is 6.42 Å². The number of hydrogen-bond donors (Lipinski definition) is 1. The zero-order valence-electron chi connectivity index (χ0n) is 6.97. The third kappa shape index (κ3) is 2.59. The maximum Gasteiger partial charge on any atom is 0.217 e. The molecule has 0 heterocycles. The van der Waals surface area contributed by atoms with Gasteiger partial charge in [-0.25, -0.2) is 0 Å². The molecule has 1 aliphatic carbocycles. The van der Waals surface area contributed by atoms with Gasteiger partial charge in [-0.2, -0.15) is 0 Å². The molecule has 4 heteroatoms. The average molecular weight is 234 g/mol. The van der Waals surface area contributed by atoms with Crippen molar-refractivity contribution in [1.82, 2.24) is 5.32 Å². The van der Waals surface area contributed by atoms with Gasteiger partial charge in [0.2, 0.25) is 5.91 Å². The van der Waals surface area contributed by atoms with Crippen LogP contribution in [0.3, 0.4) is 0 Å². The van der Waals surface area contributed by atoms with E-state index < -0.39 is 0 Å². The largest absolute Gasteiger partial charge is 0.354 e. The van der Waals surface area contributed by atoms with Crippen molar-refractivity contribution < 1.29 is 9.59 Å². The number of halogens is 1. The van der Waals surface area contributed by atoms with Crippen LogP contribution in [0.1, 0.15) is 26.2 Å². The van der Waals surface area contributed by atoms with Crippen molar-refractivity contribution in [1.29, 1.82) is 0 Å². The molecular formula is C8H12BrNO2. The standard InChI is InChI=1S/C8H12BrNO2/c1-5(11)10-6-2-3-8(12)7(9)4-6/h6-7H,2-4H2,1H3,(H,10,11)/t6-,7-/m1/s1. The molecule has 12 heavy (non-hydrogen) atoms. The second-order valence-electron chi connectivity index (χ2n) is 3.11. The van der Waals surface area contributed by atoms with Crippen LogP contribution in [0, 0.1) is 0 Å². The number of ketones is 1. The number of alkyl halides is 1. The summed E-state index contributed by atoms with van der Waals surface area (Å²) >= 11 is 3.28. The SMILES string of the molecule is CC(=O)N[C@@H]1CCC(=O)[C@H](Br)C1. The number of Topliss-reactive ketones (excluding diaryl/α,β-unsaturated/α-hetero) is 1. The van der Waals surface area contributed by atoms with E-state index in [1.165, 1.54) is 6.92 Å². The summed E-state index contributed by atoms with van der Waals surface area (Å²) in [5.74, 6) is 0.227. The Balaban J connectivity index is 2.40. The minimum Gasteiger partial charge on any atom is -0.354 e. The summed E-state index contributed by atoms with van der Waals surface area (Å²) < 4.78 is 0. The van der Waals surface area contributed by atoms with E-state index in [-0.39, 0.29) is 22.6 Å². The van der Waals surface area contributed by atoms with Crippen LogP contribution in [0.15, 0.2) is 0 Å². The minimum atomic E-state index is -0.0666. The highest BCUT2D eigenvalue weighted by atomic mass is 79.9. The Hall–Kier alpha value is -0.380. The predicted octanol–water partition coefficient (Wildman–Crippen LogP) is 1.01. The normalized spacial score (nSPS) is 30.0. The topological polar surface area (TPSA) is 46.2 Å². The van der Waals surface area contributed by atoms with Crippen molar-refractivity contribution in [3.05, 3.63) is 0 Å². The summed E-state index contributed by atoms with van der Waals surface area (Å²) in [4.78, 5) is 21.7. The van der Waals surface area contributed by atoms with Gasteiger partial charge in [0, 0.05) is 19.4 Å². The molecule has 2 atom stereocenters. The second-order valence-corrected chi connectivity index (χ2v) is 4.21. The number of nitrogens with one attached hydrogen (secondary N) is 1. The first-order valence-electron chi connectivity index (χ1n) is 4.03. The molecule has 0 aromatic carbocycles. The molecule has 1 aliphatic rings. The van der Waals surface area contributed by atoms with E-state index in [1.807, 2.05) is 0 Å². The molecule has 0 aromatic rings. The van der Waals surface area contributed by atoms with Gasteiger partial charge < -0.3 is 5.32 Å². The van der Waals surface area contributed by atoms with Crippen LogP contribution in [-0.2, 0) is 9.59 Å². The van der Waals surface area contributed by atoms with Crippen LogP contribution < -0.4 is 5.32 Å². The fourth-order valence-electron chi connectivity index (χ4n) is 1.39. The van der Waals surface area contributed by atoms with Crippen molar-refractivity contribution in [3.8, 4) is 0 Å². The van der Waals surface area contributed by atoms with E-state index in [9.17, 15) is 9.59 Å². The number of carbonyl (C=O) groups is 2. The minimum absolute atomic E-state index is 0.0194. The van der Waals surface area contributed by atoms with Crippen molar-refractivity contribution in [2.24, 2.45) is 0 Å². The molecule has 0 unspecified atom stereocenters. The maximum absolute atomic E-state index is 11.1. The molecule has 0 bridgehead atoms. The quantitative estimate of drug-likeness (QED) is 0.688. The van der Waals surface area contributed by atoms with E-state index in [2.05, 4.69) is 21.2 Å². The highest BCUT2D eigenvalue weighted by molar-refractivity contribution is 9.10. The lowest BCUT2D eigenvalue weighted by molar-refractivity contribution is -0.123. The molecule has 0 aromatic heterocycles. The third-order valence-electron chi connectivity index (χ3n) is 1.99. The highest BCUT2D eigenvalue weighted by Crippen LogP contribution is 2.21. The zero-order valence-corrected chi connectivity index (χ0v) is 8.56. The smallest absolute Gasteiger partial charge is 0.217 e. The first-order chi connectivity index (χ1) is 5.59. The van der Waals surface area contributed by atoms with Gasteiger partial charge >= 0.3 is 0 Å². The van der Waals surface area contributed by atoms with Crippen molar-refractivity contribution in [2.75, 3.05) is 0 Å². The first kappa shape index (κ1) is 9.71. The second kappa shape index (κ2) is 4.03. The van der Waals surface area contributed by atoms with E-state index >= 15 is 0 Å². The average Bonchev–Trinajstić information content (AvgIpc) is 1.96. The van der Waals surface area contributed by atoms with Crippen LogP contribution in [0.4, 0.5) is 0 Å². The summed E-state index contributed by atoms with van der Waals surface area (Å²) in [5.41, 5.74) is 0. The maximum atomic E-state index is 11.1. The Morgan fingerprint density at radius 1 is 1.67 bits per heavy atom. The Labute approximate surface area is 80.0 Å². The summed E-state index contributed by atoms with van der Waals surface area (Å²) in [5, 5.41) is 2.81. The van der Waals surface area contributed by atoms with Crippen molar-refractivity contribution >= 4 is 27.6 Å². The van der Waals surface area contributed by atoms with Crippen LogP contribution in [0.25, 0.3) is 0 Å². The Morgan fingerprint density at radius 3 is 2.83 bits per heavy atom. The van der Waals surface area contributed by atoms with E-state index in [4.69, 9.17) is 0 Å². The van der Waals surface area contributed by atoms with Crippen molar-refractivity contribution in [3.63, 3.8) is 0 Å². The first-order valence-corrected chi connectivity index (χ1v) is 4.95. The van der Waals surface area contributed by atoms with E-state index in [1.54, 1.807) is 0 Å². The Morgan fingerprint density at radius 2 is 2.33 bits per heavy atom. The Kier molecular flexibility index (Phi) is 3.26. The number of carbonyl (C=O) groups excluding carboxylic acids is 2. The van der Waals surface area contributed by atoms with Gasteiger partial charge in [-0.15, -0.1) is 0 Å². The van der Waals surface area contributed by atoms with Gasteiger partial charge in [-0.3, -0.25) is 9.59 Å². The highest BCUT2D eigenvalue weighted by Gasteiger charge is 2.26. The van der Waals surface area contributed by atoms with Gasteiger partial charge in [0.05, 0.1) is 4.83 Å². The monoisotopic (exact) mass is 233 g/mol. The molecule has 3 nitrogen and oxygen atoms in total. The van der Waals surface area contributed by atoms with E-state index in [0.717, 1.165) is 12.8 Å². The van der Waals surface area contributed by atoms with Crippen LogP contribution in [0.2, 0.25) is 0 Å². The summed E-state index contributed by atoms with van der Waals surface area (Å²) in [6.07, 6.45) is 2.07. The molecule has 68 valence electrons. The molecular weight excluding hydrogens is 222 g/mol. The lowest BCUT2D eigenvalue weighted by Gasteiger charge is -2.24. The molecule has 1 fully saturated rings. The number of rotatable bonds is 1. The molecule has 1 rings (SSSR count). The van der Waals surface area contributed by atoms with Crippen LogP contribution in [0.5, 0.6) is 0 Å². The lowest BCUT2D eigenvalue weighted by Crippen LogP contribution is -2.40. The molecule has 0 saturated heterocycles. The number of hydrogen-bond acceptors (Lipinski definition) is 2. The molecule has 0 aliphatic heterocycles. The fraction of sp³-hybridized carbons (Fsp3) is 0.750. The summed E-state index contributed by atoms with van der Waals surface area (Å²) in [6, 6.07) is 0.171. The fourth-order valence-corrected chi connectivity index (χ4v) is 2.07. The van der Waals surface area contributed by atoms with Crippen molar-refractivity contribution in [2.45, 2.75) is 37.1 Å². The molecule has 1 saturated carbocycles. The molecule has 1 N–H and O–H groups in total. The third-order valence-corrected chi connectivity index (χ3v) is 2.87. The molecule has 0 radical (unpaired) electrons. The Bertz CT molecular complexity index is 205.